The number of nitrogens with zero attached hydrogens (tertiary/aromatic N) is 7. The Balaban J connectivity index is 1.50. The Kier molecular flexibility index (Phi) is 4.06. The van der Waals surface area contributed by atoms with E-state index in [9.17, 15) is 4.79 Å². The number of piperidine rings is 1. The van der Waals surface area contributed by atoms with Gasteiger partial charge in [-0.05, 0) is 31.9 Å². The van der Waals surface area contributed by atoms with Crippen LogP contribution in [-0.4, -0.2) is 60.6 Å². The normalized spacial score (nSPS) is 15.6. The zero-order valence-corrected chi connectivity index (χ0v) is 15.1. The van der Waals surface area contributed by atoms with Crippen molar-refractivity contribution in [2.75, 3.05) is 20.2 Å². The molecule has 0 spiro atoms. The predicted molar refractivity (Wildman–Crippen MR) is 93.2 cm³/mol. The highest BCUT2D eigenvalue weighted by Crippen LogP contribution is 2.28. The van der Waals surface area contributed by atoms with Gasteiger partial charge in [-0.15, -0.1) is 15.3 Å². The SMILES string of the molecule is COc1ccc2nnc(C3CCN(C(=O)c4cc(C)nn4C)CC3)n2n1. The molecule has 3 aromatic rings. The summed E-state index contributed by atoms with van der Waals surface area (Å²) in [5.41, 5.74) is 2.17. The number of likely N-dealkylation sites (tertiary alicyclic amines) is 1. The number of carbonyl (C=O) groups is 1. The first kappa shape index (κ1) is 16.5. The van der Waals surface area contributed by atoms with E-state index in [2.05, 4.69) is 20.4 Å². The number of carbonyl (C=O) groups excluding carboxylic acids is 1. The standard InChI is InChI=1S/C17H21N7O2/c1-11-10-13(22(2)20-11)17(25)23-8-6-12(7-9-23)16-19-18-14-4-5-15(26-3)21-24(14)16/h4-5,10,12H,6-9H2,1-3H3. The average molecular weight is 355 g/mol. The number of hydrogen-bond acceptors (Lipinski definition) is 6. The topological polar surface area (TPSA) is 90.4 Å². The Labute approximate surface area is 150 Å². The Morgan fingerprint density at radius 3 is 2.62 bits per heavy atom. The lowest BCUT2D eigenvalue weighted by atomic mass is 9.96. The molecule has 0 aliphatic carbocycles. The van der Waals surface area contributed by atoms with Crippen LogP contribution in [0.1, 0.15) is 40.8 Å². The van der Waals surface area contributed by atoms with Crippen LogP contribution in [0.15, 0.2) is 18.2 Å². The molecule has 1 aliphatic heterocycles. The van der Waals surface area contributed by atoms with Gasteiger partial charge in [0.05, 0.1) is 12.8 Å². The van der Waals surface area contributed by atoms with Crippen molar-refractivity contribution in [2.45, 2.75) is 25.7 Å². The van der Waals surface area contributed by atoms with Gasteiger partial charge in [0.1, 0.15) is 5.69 Å². The molecule has 1 amide bonds. The number of ether oxygens (including phenoxy) is 1. The number of aryl methyl sites for hydroxylation is 2. The zero-order valence-electron chi connectivity index (χ0n) is 15.1. The summed E-state index contributed by atoms with van der Waals surface area (Å²) < 4.78 is 8.58. The lowest BCUT2D eigenvalue weighted by Crippen LogP contribution is -2.39. The third-order valence-electron chi connectivity index (χ3n) is 4.84. The van der Waals surface area contributed by atoms with Crippen molar-refractivity contribution in [3.8, 4) is 5.88 Å². The summed E-state index contributed by atoms with van der Waals surface area (Å²) in [4.78, 5) is 14.6. The van der Waals surface area contributed by atoms with Crippen molar-refractivity contribution in [3.05, 3.63) is 35.4 Å². The van der Waals surface area contributed by atoms with Gasteiger partial charge in [-0.2, -0.15) is 9.61 Å². The van der Waals surface area contributed by atoms with Crippen LogP contribution in [0, 0.1) is 6.92 Å². The first-order chi connectivity index (χ1) is 12.6. The van der Waals surface area contributed by atoms with Crippen molar-refractivity contribution in [1.29, 1.82) is 0 Å². The molecule has 0 saturated carbocycles. The predicted octanol–water partition coefficient (Wildman–Crippen LogP) is 1.19. The first-order valence-corrected chi connectivity index (χ1v) is 8.63. The fourth-order valence-electron chi connectivity index (χ4n) is 3.47. The van der Waals surface area contributed by atoms with Crippen molar-refractivity contribution < 1.29 is 9.53 Å². The molecule has 0 bridgehead atoms. The highest BCUT2D eigenvalue weighted by molar-refractivity contribution is 5.92. The average Bonchev–Trinajstić information content (AvgIpc) is 3.23. The second kappa shape index (κ2) is 6.40. The molecule has 9 nitrogen and oxygen atoms in total. The van der Waals surface area contributed by atoms with Gasteiger partial charge in [0.2, 0.25) is 5.88 Å². The van der Waals surface area contributed by atoms with Crippen LogP contribution in [0.3, 0.4) is 0 Å². The van der Waals surface area contributed by atoms with Gasteiger partial charge in [-0.3, -0.25) is 9.48 Å². The van der Waals surface area contributed by atoms with Crippen molar-refractivity contribution in [3.63, 3.8) is 0 Å². The molecule has 9 heteroatoms. The third-order valence-corrected chi connectivity index (χ3v) is 4.84. The number of amides is 1. The van der Waals surface area contributed by atoms with Gasteiger partial charge in [0.25, 0.3) is 5.91 Å². The van der Waals surface area contributed by atoms with Crippen LogP contribution >= 0.6 is 0 Å². The Hall–Kier alpha value is -2.97. The smallest absolute Gasteiger partial charge is 0.272 e. The third kappa shape index (κ3) is 2.79. The molecule has 1 fully saturated rings. The van der Waals surface area contributed by atoms with E-state index in [0.29, 0.717) is 30.3 Å². The maximum Gasteiger partial charge on any atom is 0.272 e. The van der Waals surface area contributed by atoms with E-state index in [1.54, 1.807) is 29.4 Å². The summed E-state index contributed by atoms with van der Waals surface area (Å²) in [7, 11) is 3.39. The molecule has 0 atom stereocenters. The van der Waals surface area contributed by atoms with Gasteiger partial charge in [-0.25, -0.2) is 0 Å². The van der Waals surface area contributed by atoms with E-state index in [1.165, 1.54) is 0 Å². The maximum absolute atomic E-state index is 12.7. The lowest BCUT2D eigenvalue weighted by Gasteiger charge is -2.31. The molecule has 1 aliphatic rings. The molecule has 4 heterocycles. The summed E-state index contributed by atoms with van der Waals surface area (Å²) in [5.74, 6) is 1.58. The van der Waals surface area contributed by atoms with E-state index in [4.69, 9.17) is 4.74 Å². The fraction of sp³-hybridized carbons (Fsp3) is 0.471. The van der Waals surface area contributed by atoms with Crippen molar-refractivity contribution in [2.24, 2.45) is 7.05 Å². The summed E-state index contributed by atoms with van der Waals surface area (Å²) in [5, 5.41) is 17.2. The quantitative estimate of drug-likeness (QED) is 0.701. The van der Waals surface area contributed by atoms with Crippen LogP contribution in [-0.2, 0) is 7.05 Å². The summed E-state index contributed by atoms with van der Waals surface area (Å²) in [6.45, 7) is 3.24. The van der Waals surface area contributed by atoms with Crippen LogP contribution < -0.4 is 4.74 Å². The molecule has 4 rings (SSSR count). The molecule has 0 radical (unpaired) electrons. The molecular weight excluding hydrogens is 334 g/mol. The monoisotopic (exact) mass is 355 g/mol. The van der Waals surface area contributed by atoms with E-state index >= 15 is 0 Å². The molecular formula is C17H21N7O2. The van der Waals surface area contributed by atoms with E-state index in [-0.39, 0.29) is 11.8 Å². The Bertz CT molecular complexity index is 953. The lowest BCUT2D eigenvalue weighted by molar-refractivity contribution is 0.0699. The van der Waals surface area contributed by atoms with Crippen LogP contribution in [0.5, 0.6) is 5.88 Å². The fourth-order valence-corrected chi connectivity index (χ4v) is 3.47. The summed E-state index contributed by atoms with van der Waals surface area (Å²) >= 11 is 0. The number of hydrogen-bond donors (Lipinski definition) is 0. The van der Waals surface area contributed by atoms with Gasteiger partial charge in [0, 0.05) is 32.1 Å². The first-order valence-electron chi connectivity index (χ1n) is 8.63. The molecule has 0 aromatic carbocycles. The Morgan fingerprint density at radius 1 is 1.19 bits per heavy atom. The van der Waals surface area contributed by atoms with Gasteiger partial charge < -0.3 is 9.64 Å². The van der Waals surface area contributed by atoms with E-state index in [1.807, 2.05) is 24.0 Å². The van der Waals surface area contributed by atoms with Crippen molar-refractivity contribution >= 4 is 11.6 Å². The Morgan fingerprint density at radius 2 is 1.96 bits per heavy atom. The highest BCUT2D eigenvalue weighted by Gasteiger charge is 2.29. The zero-order chi connectivity index (χ0) is 18.3. The second-order valence-electron chi connectivity index (χ2n) is 6.56. The highest BCUT2D eigenvalue weighted by atomic mass is 16.5. The maximum atomic E-state index is 12.7. The van der Waals surface area contributed by atoms with Crippen LogP contribution in [0.25, 0.3) is 5.65 Å². The van der Waals surface area contributed by atoms with Gasteiger partial charge in [-0.1, -0.05) is 0 Å². The molecule has 0 N–H and O–H groups in total. The van der Waals surface area contributed by atoms with Crippen molar-refractivity contribution in [1.82, 2.24) is 34.5 Å². The number of aromatic nitrogens is 6. The second-order valence-corrected chi connectivity index (χ2v) is 6.56. The van der Waals surface area contributed by atoms with Gasteiger partial charge in [0.15, 0.2) is 11.5 Å². The van der Waals surface area contributed by atoms with Gasteiger partial charge >= 0.3 is 0 Å². The van der Waals surface area contributed by atoms with Crippen LogP contribution in [0.2, 0.25) is 0 Å². The van der Waals surface area contributed by atoms with Crippen LogP contribution in [0.4, 0.5) is 0 Å². The minimum Gasteiger partial charge on any atom is -0.480 e. The summed E-state index contributed by atoms with van der Waals surface area (Å²) in [6, 6.07) is 5.44. The van der Waals surface area contributed by atoms with E-state index < -0.39 is 0 Å². The summed E-state index contributed by atoms with van der Waals surface area (Å²) in [6.07, 6.45) is 1.64. The molecule has 0 unspecified atom stereocenters. The number of methoxy groups -OCH3 is 1. The minimum atomic E-state index is 0.0254. The minimum absolute atomic E-state index is 0.0254. The molecule has 26 heavy (non-hydrogen) atoms. The number of rotatable bonds is 3. The molecule has 3 aromatic heterocycles. The largest absolute Gasteiger partial charge is 0.480 e. The number of fused-ring (bicyclic) bond motifs is 1. The molecule has 136 valence electrons. The molecule has 1 saturated heterocycles. The van der Waals surface area contributed by atoms with E-state index in [0.717, 1.165) is 24.4 Å².